The highest BCUT2D eigenvalue weighted by Gasteiger charge is 2.32. The number of benzene rings is 1. The van der Waals surface area contributed by atoms with Crippen molar-refractivity contribution in [3.05, 3.63) is 48.0 Å². The summed E-state index contributed by atoms with van der Waals surface area (Å²) < 4.78 is 5.50. The molecule has 0 saturated carbocycles. The van der Waals surface area contributed by atoms with E-state index in [1.807, 2.05) is 6.08 Å². The summed E-state index contributed by atoms with van der Waals surface area (Å²) in [6.07, 6.45) is 2.00. The van der Waals surface area contributed by atoms with Gasteiger partial charge in [0.05, 0.1) is 25.0 Å². The first-order valence-electron chi connectivity index (χ1n) is 11.6. The van der Waals surface area contributed by atoms with Gasteiger partial charge in [-0.05, 0) is 24.5 Å². The zero-order valence-corrected chi connectivity index (χ0v) is 21.1. The molecule has 2 aliphatic heterocycles. The molecule has 0 unspecified atom stereocenters. The van der Waals surface area contributed by atoms with Crippen molar-refractivity contribution in [3.63, 3.8) is 0 Å². The first kappa shape index (κ1) is 27.1. The van der Waals surface area contributed by atoms with Crippen molar-refractivity contribution in [2.24, 2.45) is 0 Å². The van der Waals surface area contributed by atoms with E-state index in [-0.39, 0.29) is 12.8 Å². The molecule has 2 bridgehead atoms. The van der Waals surface area contributed by atoms with Gasteiger partial charge in [0.1, 0.15) is 18.2 Å². The third-order valence-corrected chi connectivity index (χ3v) is 8.09. The van der Waals surface area contributed by atoms with Gasteiger partial charge in [-0.25, -0.2) is 0 Å². The maximum Gasteiger partial charge on any atom is 0.309 e. The SMILES string of the molecule is CC[C@H]1NC(=O)[C@H]2CSSCC/C=C/[C@H](CC(=O)N[C@@H](c3ccccc3)C(=O)N2)OC(=O)C[C@@H]1O. The molecule has 2 heterocycles. The van der Waals surface area contributed by atoms with Crippen LogP contribution in [0.3, 0.4) is 0 Å². The lowest BCUT2D eigenvalue weighted by Gasteiger charge is -2.26. The number of aliphatic hydroxyl groups is 1. The van der Waals surface area contributed by atoms with Crippen molar-refractivity contribution in [1.82, 2.24) is 16.0 Å². The van der Waals surface area contributed by atoms with E-state index < -0.39 is 54.0 Å². The average Bonchev–Trinajstić information content (AvgIpc) is 2.83. The fourth-order valence-electron chi connectivity index (χ4n) is 3.76. The van der Waals surface area contributed by atoms with Gasteiger partial charge in [0.25, 0.3) is 0 Å². The predicted octanol–water partition coefficient (Wildman–Crippen LogP) is 1.63. The molecule has 0 radical (unpaired) electrons. The van der Waals surface area contributed by atoms with Crippen LogP contribution < -0.4 is 16.0 Å². The number of allylic oxidation sites excluding steroid dienone is 1. The second-order valence-electron chi connectivity index (χ2n) is 8.32. The largest absolute Gasteiger partial charge is 0.457 e. The highest BCUT2D eigenvalue weighted by atomic mass is 33.1. The molecule has 0 spiro atoms. The molecular weight excluding hydrogens is 490 g/mol. The molecule has 0 aromatic heterocycles. The minimum absolute atomic E-state index is 0.186. The summed E-state index contributed by atoms with van der Waals surface area (Å²) in [6.45, 7) is 1.78. The molecule has 1 aromatic carbocycles. The molecule has 9 nitrogen and oxygen atoms in total. The molecule has 5 atom stereocenters. The van der Waals surface area contributed by atoms with Crippen LogP contribution in [0.1, 0.15) is 44.2 Å². The summed E-state index contributed by atoms with van der Waals surface area (Å²) in [6, 6.07) is 6.08. The molecule has 2 aliphatic rings. The second kappa shape index (κ2) is 13.6. The van der Waals surface area contributed by atoms with Crippen molar-refractivity contribution in [2.75, 3.05) is 11.5 Å². The Morgan fingerprint density at radius 3 is 2.51 bits per heavy atom. The Morgan fingerprint density at radius 2 is 1.77 bits per heavy atom. The fraction of sp³-hybridized carbons (Fsp3) is 0.500. The maximum absolute atomic E-state index is 13.3. The molecule has 190 valence electrons. The highest BCUT2D eigenvalue weighted by Crippen LogP contribution is 2.24. The predicted molar refractivity (Wildman–Crippen MR) is 135 cm³/mol. The summed E-state index contributed by atoms with van der Waals surface area (Å²) in [5.41, 5.74) is 0.555. The Morgan fingerprint density at radius 1 is 1.00 bits per heavy atom. The van der Waals surface area contributed by atoms with Crippen molar-refractivity contribution < 1.29 is 29.0 Å². The van der Waals surface area contributed by atoms with Gasteiger partial charge in [-0.15, -0.1) is 0 Å². The van der Waals surface area contributed by atoms with Gasteiger partial charge in [-0.2, -0.15) is 0 Å². The Bertz CT molecular complexity index is 929. The van der Waals surface area contributed by atoms with E-state index in [2.05, 4.69) is 16.0 Å². The number of ether oxygens (including phenoxy) is 1. The number of rotatable bonds is 2. The summed E-state index contributed by atoms with van der Waals surface area (Å²) in [4.78, 5) is 52.0. The molecular formula is C24H31N3O6S2. The minimum Gasteiger partial charge on any atom is -0.457 e. The third kappa shape index (κ3) is 8.29. The summed E-state index contributed by atoms with van der Waals surface area (Å²) in [7, 11) is 3.01. The topological polar surface area (TPSA) is 134 Å². The normalized spacial score (nSPS) is 30.4. The van der Waals surface area contributed by atoms with Crippen LogP contribution in [0.4, 0.5) is 0 Å². The number of aliphatic hydroxyl groups excluding tert-OH is 1. The Labute approximate surface area is 212 Å². The lowest BCUT2D eigenvalue weighted by atomic mass is 10.0. The minimum atomic E-state index is -1.18. The number of esters is 1. The average molecular weight is 522 g/mol. The monoisotopic (exact) mass is 521 g/mol. The van der Waals surface area contributed by atoms with Crippen LogP contribution in [-0.4, -0.2) is 64.6 Å². The number of carbonyl (C=O) groups is 4. The van der Waals surface area contributed by atoms with Gasteiger partial charge in [-0.3, -0.25) is 19.2 Å². The van der Waals surface area contributed by atoms with Crippen LogP contribution >= 0.6 is 21.6 Å². The van der Waals surface area contributed by atoms with E-state index in [1.165, 1.54) is 10.8 Å². The third-order valence-electron chi connectivity index (χ3n) is 5.65. The first-order valence-corrected chi connectivity index (χ1v) is 14.1. The van der Waals surface area contributed by atoms with Crippen molar-refractivity contribution in [1.29, 1.82) is 0 Å². The molecule has 1 saturated heterocycles. The number of amides is 3. The maximum atomic E-state index is 13.3. The van der Waals surface area contributed by atoms with Crippen molar-refractivity contribution >= 4 is 45.3 Å². The Kier molecular flexibility index (Phi) is 10.5. The van der Waals surface area contributed by atoms with Gasteiger partial charge < -0.3 is 25.8 Å². The van der Waals surface area contributed by atoms with E-state index in [4.69, 9.17) is 4.74 Å². The summed E-state index contributed by atoms with van der Waals surface area (Å²) >= 11 is 0. The van der Waals surface area contributed by atoms with E-state index >= 15 is 0 Å². The Hall–Kier alpha value is -2.50. The Balaban J connectivity index is 2.01. The van der Waals surface area contributed by atoms with Gasteiger partial charge in [0.15, 0.2) is 0 Å². The molecule has 3 rings (SSSR count). The number of fused-ring (bicyclic) bond motifs is 7. The van der Waals surface area contributed by atoms with Gasteiger partial charge in [0.2, 0.25) is 17.7 Å². The number of nitrogens with one attached hydrogen (secondary N) is 3. The zero-order valence-electron chi connectivity index (χ0n) is 19.5. The van der Waals surface area contributed by atoms with Gasteiger partial charge in [-0.1, -0.05) is 64.9 Å². The molecule has 11 heteroatoms. The van der Waals surface area contributed by atoms with Crippen molar-refractivity contribution in [2.45, 2.75) is 62.9 Å². The summed E-state index contributed by atoms with van der Waals surface area (Å²) in [5, 5.41) is 18.9. The van der Waals surface area contributed by atoms with Crippen molar-refractivity contribution in [3.8, 4) is 0 Å². The van der Waals surface area contributed by atoms with E-state index in [0.29, 0.717) is 24.2 Å². The number of hydrogen-bond donors (Lipinski definition) is 4. The quantitative estimate of drug-likeness (QED) is 0.262. The molecule has 3 amide bonds. The first-order chi connectivity index (χ1) is 16.9. The van der Waals surface area contributed by atoms with Crippen LogP contribution in [-0.2, 0) is 23.9 Å². The number of hydrogen-bond acceptors (Lipinski definition) is 8. The summed E-state index contributed by atoms with van der Waals surface area (Å²) in [5.74, 6) is -1.14. The van der Waals surface area contributed by atoms with E-state index in [1.54, 1.807) is 54.1 Å². The molecule has 1 aromatic rings. The smallest absolute Gasteiger partial charge is 0.309 e. The molecule has 35 heavy (non-hydrogen) atoms. The number of carbonyl (C=O) groups excluding carboxylic acids is 4. The zero-order chi connectivity index (χ0) is 25.2. The highest BCUT2D eigenvalue weighted by molar-refractivity contribution is 8.76. The van der Waals surface area contributed by atoms with Crippen LogP contribution in [0.25, 0.3) is 0 Å². The van der Waals surface area contributed by atoms with Crippen LogP contribution in [0.5, 0.6) is 0 Å². The van der Waals surface area contributed by atoms with E-state index in [9.17, 15) is 24.3 Å². The van der Waals surface area contributed by atoms with Gasteiger partial charge >= 0.3 is 5.97 Å². The van der Waals surface area contributed by atoms with Crippen LogP contribution in [0.15, 0.2) is 42.5 Å². The van der Waals surface area contributed by atoms with Crippen LogP contribution in [0.2, 0.25) is 0 Å². The molecule has 4 N–H and O–H groups in total. The standard InChI is InChI=1S/C24H31N3O6S2/c1-2-17-19(28)13-21(30)33-16-10-6-7-11-34-35-14-18(23(31)25-17)26-24(32)22(27-20(29)12-16)15-8-4-3-5-9-15/h3-6,8-10,16-19,22,28H,2,7,11-14H2,1H3,(H,25,31)(H,26,32)(H,27,29)/b10-6+/t16-,17-,18-,19+,22+/m1/s1. The molecule has 1 fully saturated rings. The second-order valence-corrected chi connectivity index (χ2v) is 11.0. The molecule has 0 aliphatic carbocycles. The van der Waals surface area contributed by atoms with Crippen LogP contribution in [0, 0.1) is 0 Å². The fourth-order valence-corrected chi connectivity index (χ4v) is 5.91. The lowest BCUT2D eigenvalue weighted by Crippen LogP contribution is -2.55. The van der Waals surface area contributed by atoms with Gasteiger partial charge in [0, 0.05) is 11.5 Å². The lowest BCUT2D eigenvalue weighted by molar-refractivity contribution is -0.151. The van der Waals surface area contributed by atoms with E-state index in [0.717, 1.165) is 5.75 Å².